The molecule has 4 rings (SSSR count). The largest absolute Gasteiger partial charge is 0.502 e. The minimum atomic E-state index is -0.909. The van der Waals surface area contributed by atoms with E-state index in [0.29, 0.717) is 6.42 Å². The number of H-pyrrole nitrogens is 1. The molecule has 0 bridgehead atoms. The Morgan fingerprint density at radius 3 is 2.44 bits per heavy atom. The van der Waals surface area contributed by atoms with Gasteiger partial charge in [0.05, 0.1) is 20.3 Å². The fourth-order valence-corrected chi connectivity index (χ4v) is 3.74. The molecule has 7 heteroatoms. The predicted molar refractivity (Wildman–Crippen MR) is 99.6 cm³/mol. The number of aliphatic carboxylic acids is 1. The van der Waals surface area contributed by atoms with Gasteiger partial charge in [-0.05, 0) is 29.3 Å². The van der Waals surface area contributed by atoms with Crippen LogP contribution in [0.2, 0.25) is 0 Å². The topological polar surface area (TPSA) is 104 Å². The fraction of sp³-hybridized carbons (Fsp3) is 0.250. The Labute approximate surface area is 155 Å². The molecule has 1 aromatic heterocycles. The fourth-order valence-electron chi connectivity index (χ4n) is 3.74. The molecule has 4 N–H and O–H groups in total. The van der Waals surface area contributed by atoms with Gasteiger partial charge in [0.1, 0.15) is 6.04 Å². The van der Waals surface area contributed by atoms with Crippen LogP contribution < -0.4 is 14.8 Å². The number of hydrogen-bond acceptors (Lipinski definition) is 5. The van der Waals surface area contributed by atoms with Gasteiger partial charge in [-0.15, -0.1) is 0 Å². The molecule has 0 saturated heterocycles. The average Bonchev–Trinajstić information content (AvgIpc) is 3.06. The number of fused-ring (bicyclic) bond motifs is 3. The second kappa shape index (κ2) is 6.51. The van der Waals surface area contributed by atoms with E-state index < -0.39 is 18.1 Å². The molecule has 2 aromatic carbocycles. The van der Waals surface area contributed by atoms with Gasteiger partial charge >= 0.3 is 5.97 Å². The summed E-state index contributed by atoms with van der Waals surface area (Å²) < 4.78 is 10.5. The first-order valence-corrected chi connectivity index (χ1v) is 8.56. The summed E-state index contributed by atoms with van der Waals surface area (Å²) in [5, 5.41) is 24.0. The zero-order chi connectivity index (χ0) is 19.1. The van der Waals surface area contributed by atoms with Gasteiger partial charge in [-0.2, -0.15) is 0 Å². The highest BCUT2D eigenvalue weighted by Gasteiger charge is 2.34. The zero-order valence-corrected chi connectivity index (χ0v) is 14.9. The smallest absolute Gasteiger partial charge is 0.321 e. The molecule has 0 spiro atoms. The van der Waals surface area contributed by atoms with Gasteiger partial charge < -0.3 is 24.7 Å². The number of nitrogens with one attached hydrogen (secondary N) is 2. The van der Waals surface area contributed by atoms with Crippen molar-refractivity contribution in [3.8, 4) is 17.2 Å². The molecule has 1 unspecified atom stereocenters. The van der Waals surface area contributed by atoms with Crippen molar-refractivity contribution in [1.29, 1.82) is 0 Å². The summed E-state index contributed by atoms with van der Waals surface area (Å²) in [5.41, 5.74) is 3.58. The van der Waals surface area contributed by atoms with Crippen molar-refractivity contribution >= 4 is 16.9 Å². The normalized spacial score (nSPS) is 18.9. The van der Waals surface area contributed by atoms with Crippen molar-refractivity contribution in [2.24, 2.45) is 0 Å². The third-order valence-corrected chi connectivity index (χ3v) is 5.04. The Balaban J connectivity index is 1.91. The van der Waals surface area contributed by atoms with Gasteiger partial charge in [-0.25, -0.2) is 0 Å². The van der Waals surface area contributed by atoms with Crippen molar-refractivity contribution in [2.75, 3.05) is 14.2 Å². The number of ether oxygens (including phenoxy) is 2. The van der Waals surface area contributed by atoms with E-state index in [1.807, 2.05) is 24.3 Å². The number of aromatic amines is 1. The molecule has 140 valence electrons. The first-order valence-electron chi connectivity index (χ1n) is 8.56. The van der Waals surface area contributed by atoms with E-state index in [9.17, 15) is 15.0 Å². The monoisotopic (exact) mass is 368 g/mol. The highest BCUT2D eigenvalue weighted by Crippen LogP contribution is 2.42. The lowest BCUT2D eigenvalue weighted by Crippen LogP contribution is -2.44. The number of carbonyl (C=O) groups is 1. The SMILES string of the molecule is COc1cc(C2N[C@H](C(=O)O)Cc3c2[nH]c2ccccc32)cc(OC)c1O. The third kappa shape index (κ3) is 2.76. The van der Waals surface area contributed by atoms with Gasteiger partial charge in [0.25, 0.3) is 0 Å². The molecule has 0 amide bonds. The number of carboxylic acids is 1. The lowest BCUT2D eigenvalue weighted by atomic mass is 9.90. The average molecular weight is 368 g/mol. The molecule has 0 radical (unpaired) electrons. The maximum absolute atomic E-state index is 11.7. The highest BCUT2D eigenvalue weighted by atomic mass is 16.5. The minimum Gasteiger partial charge on any atom is -0.502 e. The van der Waals surface area contributed by atoms with Crippen LogP contribution in [0.25, 0.3) is 10.9 Å². The zero-order valence-electron chi connectivity index (χ0n) is 14.9. The van der Waals surface area contributed by atoms with Crippen LogP contribution in [0, 0.1) is 0 Å². The number of phenols is 1. The number of phenolic OH excluding ortho intramolecular Hbond substituents is 1. The Bertz CT molecular complexity index is 1000. The summed E-state index contributed by atoms with van der Waals surface area (Å²) in [6.07, 6.45) is 0.386. The van der Waals surface area contributed by atoms with Crippen LogP contribution in [-0.4, -0.2) is 41.4 Å². The van der Waals surface area contributed by atoms with E-state index in [2.05, 4.69) is 10.3 Å². The molecule has 2 heterocycles. The first kappa shape index (κ1) is 17.2. The number of aromatic hydroxyl groups is 1. The molecular weight excluding hydrogens is 348 g/mol. The number of aromatic nitrogens is 1. The number of hydrogen-bond donors (Lipinski definition) is 4. The third-order valence-electron chi connectivity index (χ3n) is 5.04. The maximum Gasteiger partial charge on any atom is 0.321 e. The molecular formula is C20H20N2O5. The van der Waals surface area contributed by atoms with Crippen LogP contribution in [0.1, 0.15) is 22.9 Å². The first-order chi connectivity index (χ1) is 13.0. The van der Waals surface area contributed by atoms with Crippen LogP contribution in [0.3, 0.4) is 0 Å². The van der Waals surface area contributed by atoms with Crippen LogP contribution in [0.4, 0.5) is 0 Å². The van der Waals surface area contributed by atoms with Crippen molar-refractivity contribution in [1.82, 2.24) is 10.3 Å². The molecule has 0 aliphatic carbocycles. The van der Waals surface area contributed by atoms with E-state index in [-0.39, 0.29) is 17.2 Å². The molecule has 0 saturated carbocycles. The van der Waals surface area contributed by atoms with E-state index in [0.717, 1.165) is 27.7 Å². The molecule has 1 aliphatic heterocycles. The van der Waals surface area contributed by atoms with Crippen molar-refractivity contribution < 1.29 is 24.5 Å². The van der Waals surface area contributed by atoms with Gasteiger partial charge in [-0.1, -0.05) is 18.2 Å². The lowest BCUT2D eigenvalue weighted by molar-refractivity contribution is -0.139. The molecule has 7 nitrogen and oxygen atoms in total. The Morgan fingerprint density at radius 1 is 1.15 bits per heavy atom. The number of benzene rings is 2. The van der Waals surface area contributed by atoms with Crippen molar-refractivity contribution in [2.45, 2.75) is 18.5 Å². The van der Waals surface area contributed by atoms with E-state index >= 15 is 0 Å². The second-order valence-electron chi connectivity index (χ2n) is 6.53. The summed E-state index contributed by atoms with van der Waals surface area (Å²) in [4.78, 5) is 15.2. The van der Waals surface area contributed by atoms with Crippen LogP contribution in [0.15, 0.2) is 36.4 Å². The van der Waals surface area contributed by atoms with Crippen LogP contribution in [-0.2, 0) is 11.2 Å². The van der Waals surface area contributed by atoms with Gasteiger partial charge in [0, 0.05) is 23.0 Å². The van der Waals surface area contributed by atoms with Crippen LogP contribution >= 0.6 is 0 Å². The lowest BCUT2D eigenvalue weighted by Gasteiger charge is -2.30. The summed E-state index contributed by atoms with van der Waals surface area (Å²) in [6.45, 7) is 0. The van der Waals surface area contributed by atoms with Gasteiger partial charge in [-0.3, -0.25) is 10.1 Å². The number of para-hydroxylation sites is 1. The van der Waals surface area contributed by atoms with E-state index in [1.54, 1.807) is 12.1 Å². The van der Waals surface area contributed by atoms with Crippen LogP contribution in [0.5, 0.6) is 17.2 Å². The quantitative estimate of drug-likeness (QED) is 0.564. The number of methoxy groups -OCH3 is 2. The molecule has 27 heavy (non-hydrogen) atoms. The van der Waals surface area contributed by atoms with Gasteiger partial charge in [0.2, 0.25) is 5.75 Å². The minimum absolute atomic E-state index is 0.0915. The molecule has 3 aromatic rings. The Morgan fingerprint density at radius 2 is 1.81 bits per heavy atom. The Kier molecular flexibility index (Phi) is 4.16. The predicted octanol–water partition coefficient (Wildman–Crippen LogP) is 2.58. The maximum atomic E-state index is 11.7. The van der Waals surface area contributed by atoms with E-state index in [1.165, 1.54) is 14.2 Å². The summed E-state index contributed by atoms with van der Waals surface area (Å²) >= 11 is 0. The van der Waals surface area contributed by atoms with Gasteiger partial charge in [0.15, 0.2) is 11.5 Å². The molecule has 0 fully saturated rings. The molecule has 2 atom stereocenters. The summed E-state index contributed by atoms with van der Waals surface area (Å²) in [7, 11) is 2.92. The standard InChI is InChI=1S/C20H20N2O5/c1-26-15-7-10(8-16(27-2)19(15)23)17-18-12(9-14(22-17)20(24)25)11-5-3-4-6-13(11)21-18/h3-8,14,17,21-23H,9H2,1-2H3,(H,24,25)/t14-,17?/m0/s1. The Hall–Kier alpha value is -3.19. The summed E-state index contributed by atoms with van der Waals surface area (Å²) in [6, 6.07) is 10.1. The summed E-state index contributed by atoms with van der Waals surface area (Å²) in [5.74, 6) is -0.470. The van der Waals surface area contributed by atoms with Crippen molar-refractivity contribution in [3.05, 3.63) is 53.2 Å². The van der Waals surface area contributed by atoms with E-state index in [4.69, 9.17) is 9.47 Å². The molecule has 1 aliphatic rings. The second-order valence-corrected chi connectivity index (χ2v) is 6.53. The van der Waals surface area contributed by atoms with Crippen molar-refractivity contribution in [3.63, 3.8) is 0 Å². The number of carboxylic acid groups (broad SMARTS) is 1. The number of rotatable bonds is 4. The highest BCUT2D eigenvalue weighted by molar-refractivity contribution is 5.87.